The van der Waals surface area contributed by atoms with Gasteiger partial charge in [-0.25, -0.2) is 0 Å². The number of methoxy groups -OCH3 is 1. The van der Waals surface area contributed by atoms with Crippen LogP contribution in [0.2, 0.25) is 0 Å². The van der Waals surface area contributed by atoms with Crippen LogP contribution in [0.15, 0.2) is 59.6 Å². The first-order valence-electron chi connectivity index (χ1n) is 20.5. The Labute approximate surface area is 348 Å². The number of carbonyl (C=O) groups is 1. The average molecular weight is 806 g/mol. The third kappa shape index (κ3) is 7.33. The highest BCUT2D eigenvalue weighted by Crippen LogP contribution is 2.52. The number of hydrogen-bond donors (Lipinski definition) is 1. The Balaban J connectivity index is 0.748. The third-order valence-electron chi connectivity index (χ3n) is 12.4. The van der Waals surface area contributed by atoms with E-state index < -0.39 is 0 Å². The number of rotatable bonds is 8. The zero-order valence-electron chi connectivity index (χ0n) is 34.1. The van der Waals surface area contributed by atoms with Crippen molar-refractivity contribution in [3.63, 3.8) is 0 Å². The van der Waals surface area contributed by atoms with Crippen LogP contribution in [-0.2, 0) is 0 Å². The second-order valence-corrected chi connectivity index (χ2v) is 17.6. The number of ether oxygens (including phenoxy) is 2. The average Bonchev–Trinajstić information content (AvgIpc) is 3.70. The Hall–Kier alpha value is -6.05. The van der Waals surface area contributed by atoms with E-state index in [1.165, 1.54) is 16.0 Å². The van der Waals surface area contributed by atoms with Gasteiger partial charge in [-0.15, -0.1) is 31.7 Å². The molecule has 2 aliphatic heterocycles. The molecule has 1 atom stereocenters. The van der Waals surface area contributed by atoms with E-state index in [4.69, 9.17) is 14.5 Å². The summed E-state index contributed by atoms with van der Waals surface area (Å²) >= 11 is 1.78. The number of anilines is 1. The molecule has 1 N–H and O–H groups in total. The van der Waals surface area contributed by atoms with E-state index in [1.54, 1.807) is 42.7 Å². The first-order chi connectivity index (χ1) is 28.6. The molecule has 13 heteroatoms. The molecule has 4 aliphatic rings. The Bertz CT molecular complexity index is 2540. The number of nitriles is 1. The van der Waals surface area contributed by atoms with E-state index >= 15 is 0 Å². The number of nitrogens with zero attached hydrogens (tertiary/aromatic N) is 8. The molecule has 5 heterocycles. The normalized spacial score (nSPS) is 20.4. The topological polar surface area (TPSA) is 143 Å². The third-order valence-corrected chi connectivity index (χ3v) is 13.6. The molecule has 9 rings (SSSR count). The lowest BCUT2D eigenvalue weighted by Crippen LogP contribution is -2.62. The number of fused-ring (bicyclic) bond motifs is 3. The first-order valence-corrected chi connectivity index (χ1v) is 21.3. The summed E-state index contributed by atoms with van der Waals surface area (Å²) in [6.07, 6.45) is 6.28. The molecule has 0 bridgehead atoms. The van der Waals surface area contributed by atoms with Gasteiger partial charge in [0.2, 0.25) is 0 Å². The van der Waals surface area contributed by atoms with Crippen molar-refractivity contribution in [1.82, 2.24) is 30.3 Å². The molecule has 0 unspecified atom stereocenters. The van der Waals surface area contributed by atoms with E-state index in [0.29, 0.717) is 28.7 Å². The van der Waals surface area contributed by atoms with Crippen LogP contribution >= 0.6 is 11.3 Å². The molecule has 300 valence electrons. The lowest BCUT2D eigenvalue weighted by Gasteiger charge is -2.58. The van der Waals surface area contributed by atoms with E-state index in [-0.39, 0.29) is 29.5 Å². The molecule has 2 aliphatic carbocycles. The second kappa shape index (κ2) is 15.6. The predicted molar refractivity (Wildman–Crippen MR) is 227 cm³/mol. The van der Waals surface area contributed by atoms with Gasteiger partial charge in [-0.2, -0.15) is 5.26 Å². The van der Waals surface area contributed by atoms with Gasteiger partial charge >= 0.3 is 0 Å². The van der Waals surface area contributed by atoms with Crippen LogP contribution in [0.4, 0.5) is 5.82 Å². The molecule has 3 aromatic heterocycles. The number of hydrogen-bond acceptors (Lipinski definition) is 11. The number of nitrogens with one attached hydrogen (secondary N) is 1. The first kappa shape index (κ1) is 38.5. The van der Waals surface area contributed by atoms with Crippen molar-refractivity contribution in [3.8, 4) is 34.4 Å². The smallest absolute Gasteiger partial charge is 0.272 e. The molecule has 3 fully saturated rings. The Kier molecular flexibility index (Phi) is 10.2. The monoisotopic (exact) mass is 805 g/mol. The van der Waals surface area contributed by atoms with Crippen molar-refractivity contribution in [2.24, 2.45) is 16.3 Å². The second-order valence-electron chi connectivity index (χ2n) is 16.4. The number of carbonyl (C=O) groups excluding carboxylic acids is 1. The SMILES string of the molecule is CC[C@@H]1N=C(c2ccc(C#CC3CC4(C3)CN(c3ccc(C(=O)NC5CCC(Oc6ccc(C#N)c(OC)c6)CC5)nn3)C4)cc2)c2c(sc(C)c2C)-n2c(C)nnc21. The largest absolute Gasteiger partial charge is 0.495 e. The highest BCUT2D eigenvalue weighted by Gasteiger charge is 2.52. The summed E-state index contributed by atoms with van der Waals surface area (Å²) in [5, 5.41) is 31.2. The lowest BCUT2D eigenvalue weighted by molar-refractivity contribution is 0.0520. The van der Waals surface area contributed by atoms with Crippen LogP contribution in [0.5, 0.6) is 11.5 Å². The number of benzene rings is 2. The lowest BCUT2D eigenvalue weighted by atomic mass is 9.58. The summed E-state index contributed by atoms with van der Waals surface area (Å²) in [5.41, 5.74) is 6.63. The van der Waals surface area contributed by atoms with E-state index in [0.717, 1.165) is 97.3 Å². The summed E-state index contributed by atoms with van der Waals surface area (Å²) < 4.78 is 13.7. The van der Waals surface area contributed by atoms with Crippen molar-refractivity contribution in [2.45, 2.75) is 90.8 Å². The minimum Gasteiger partial charge on any atom is -0.495 e. The van der Waals surface area contributed by atoms with Gasteiger partial charge in [-0.05, 0) is 108 Å². The summed E-state index contributed by atoms with van der Waals surface area (Å²) in [6, 6.07) is 19.6. The predicted octanol–water partition coefficient (Wildman–Crippen LogP) is 7.61. The molecule has 2 saturated carbocycles. The van der Waals surface area contributed by atoms with Crippen LogP contribution in [0, 0.1) is 55.3 Å². The minimum atomic E-state index is -0.202. The fourth-order valence-corrected chi connectivity index (χ4v) is 10.3. The van der Waals surface area contributed by atoms with Gasteiger partial charge in [-0.3, -0.25) is 14.4 Å². The number of thiophene rings is 1. The maximum Gasteiger partial charge on any atom is 0.272 e. The number of aliphatic imine (C=N–C) groups is 1. The summed E-state index contributed by atoms with van der Waals surface area (Å²) in [6.45, 7) is 10.4. The van der Waals surface area contributed by atoms with Crippen LogP contribution in [-0.4, -0.2) is 68.9 Å². The molecule has 2 aromatic carbocycles. The molecular formula is C46H47N9O3S. The molecule has 1 saturated heterocycles. The van der Waals surface area contributed by atoms with Gasteiger partial charge in [0, 0.05) is 58.1 Å². The van der Waals surface area contributed by atoms with Crippen molar-refractivity contribution in [1.29, 1.82) is 5.26 Å². The van der Waals surface area contributed by atoms with Crippen molar-refractivity contribution in [3.05, 3.63) is 105 Å². The van der Waals surface area contributed by atoms with Crippen molar-refractivity contribution in [2.75, 3.05) is 25.1 Å². The fourth-order valence-electron chi connectivity index (χ4n) is 9.06. The van der Waals surface area contributed by atoms with Gasteiger partial charge in [0.25, 0.3) is 5.91 Å². The minimum absolute atomic E-state index is 0.0397. The van der Waals surface area contributed by atoms with Gasteiger partial charge in [-0.1, -0.05) is 30.9 Å². The van der Waals surface area contributed by atoms with Crippen molar-refractivity contribution >= 4 is 28.8 Å². The van der Waals surface area contributed by atoms with Gasteiger partial charge in [0.1, 0.15) is 34.4 Å². The van der Waals surface area contributed by atoms with Gasteiger partial charge in [0.05, 0.1) is 24.5 Å². The molecule has 5 aromatic rings. The molecule has 0 radical (unpaired) electrons. The van der Waals surface area contributed by atoms with E-state index in [1.807, 2.05) is 13.0 Å². The van der Waals surface area contributed by atoms with Crippen LogP contribution < -0.4 is 19.7 Å². The Morgan fingerprint density at radius 1 is 0.983 bits per heavy atom. The Morgan fingerprint density at radius 3 is 2.46 bits per heavy atom. The molecule has 1 spiro atoms. The summed E-state index contributed by atoms with van der Waals surface area (Å²) in [7, 11) is 1.54. The number of amides is 1. The summed E-state index contributed by atoms with van der Waals surface area (Å²) in [4.78, 5) is 21.9. The maximum atomic E-state index is 13.0. The molecular weight excluding hydrogens is 759 g/mol. The standard InChI is InChI=1S/C46H47N9O3S/c1-6-37-43-53-50-29(4)55(43)45-41(27(2)28(3)59-45)42(49-37)32-11-9-30(10-12-32)7-8-31-22-46(23-31)25-54(26-46)40-20-19-38(51-52-40)44(56)48-34-14-17-35(18-15-34)58-36-16-13-33(24-47)39(21-36)57-5/h9-13,16,19-21,31,34-35,37H,6,14-15,17-18,22-23,25-26H2,1-5H3,(H,48,56)/t34?,35?,37-/m0/s1. The highest BCUT2D eigenvalue weighted by atomic mass is 32.1. The van der Waals surface area contributed by atoms with Crippen molar-refractivity contribution < 1.29 is 14.3 Å². The molecule has 1 amide bonds. The Morgan fingerprint density at radius 2 is 1.76 bits per heavy atom. The van der Waals surface area contributed by atoms with Gasteiger partial charge in [0.15, 0.2) is 17.3 Å². The molecule has 12 nitrogen and oxygen atoms in total. The van der Waals surface area contributed by atoms with Crippen LogP contribution in [0.1, 0.15) is 113 Å². The van der Waals surface area contributed by atoms with Gasteiger partial charge < -0.3 is 19.7 Å². The zero-order valence-corrected chi connectivity index (χ0v) is 34.9. The van der Waals surface area contributed by atoms with Crippen LogP contribution in [0.25, 0.3) is 5.00 Å². The zero-order chi connectivity index (χ0) is 40.8. The molecule has 59 heavy (non-hydrogen) atoms. The number of aromatic nitrogens is 5. The summed E-state index contributed by atoms with van der Waals surface area (Å²) in [5.74, 6) is 11.0. The maximum absolute atomic E-state index is 13.0. The fraction of sp³-hybridized carbons (Fsp3) is 0.413. The van der Waals surface area contributed by atoms with Crippen LogP contribution in [0.3, 0.4) is 0 Å². The quantitative estimate of drug-likeness (QED) is 0.157. The van der Waals surface area contributed by atoms with E-state index in [2.05, 4.69) is 98.1 Å². The highest BCUT2D eigenvalue weighted by molar-refractivity contribution is 7.15. The van der Waals surface area contributed by atoms with E-state index in [9.17, 15) is 10.1 Å². The number of aryl methyl sites for hydroxylation is 2.